The van der Waals surface area contributed by atoms with E-state index < -0.39 is 0 Å². The molecule has 1 aliphatic heterocycles. The van der Waals surface area contributed by atoms with Crippen molar-refractivity contribution in [3.8, 4) is 11.4 Å². The normalized spacial score (nSPS) is 11.7. The van der Waals surface area contributed by atoms with Crippen LogP contribution in [0.25, 0.3) is 22.3 Å². The summed E-state index contributed by atoms with van der Waals surface area (Å²) in [5.41, 5.74) is 3.90. The van der Waals surface area contributed by atoms with E-state index in [1.807, 2.05) is 24.3 Å². The second-order valence-corrected chi connectivity index (χ2v) is 7.66. The number of likely N-dealkylation sites (N-methyl/N-ethyl adjacent to an activating group) is 1. The second-order valence-electron chi connectivity index (χ2n) is 7.66. The van der Waals surface area contributed by atoms with Crippen LogP contribution in [0.4, 0.5) is 0 Å². The van der Waals surface area contributed by atoms with Crippen LogP contribution >= 0.6 is 12.4 Å². The lowest BCUT2D eigenvalue weighted by molar-refractivity contribution is -0.145. The topological polar surface area (TPSA) is 81.5 Å². The number of Topliss-reactive ketones (excluding diaryl/α,β-unsaturated/α-hetero) is 1. The highest BCUT2D eigenvalue weighted by atomic mass is 35.5. The Morgan fingerprint density at radius 3 is 2.65 bits per heavy atom. The fraction of sp³-hybridized carbons (Fsp3) is 0.304. The lowest BCUT2D eigenvalue weighted by atomic mass is 10.0. The van der Waals surface area contributed by atoms with Crippen LogP contribution in [-0.4, -0.2) is 46.8 Å². The summed E-state index contributed by atoms with van der Waals surface area (Å²) < 4.78 is 7.15. The smallest absolute Gasteiger partial charge is 0.320 e. The first-order valence-corrected chi connectivity index (χ1v) is 9.88. The molecule has 0 amide bonds. The van der Waals surface area contributed by atoms with E-state index in [1.54, 1.807) is 36.6 Å². The molecule has 0 unspecified atom stereocenters. The molecule has 3 heterocycles. The van der Waals surface area contributed by atoms with Gasteiger partial charge in [-0.2, -0.15) is 0 Å². The standard InChI is InChI=1S/C23H23N3O4.ClH/c1-4-20(27)14-9-19-23-16(11-26(19)21(28)10-14)17(13-30-22(29)12-25(2)3)15-7-5-6-8-18(15)24-23;/h5-10H,4,11-13H2,1-3H3;1H. The molecule has 4 rings (SSSR count). The largest absolute Gasteiger partial charge is 0.460 e. The van der Waals surface area contributed by atoms with E-state index in [-0.39, 0.29) is 42.9 Å². The van der Waals surface area contributed by atoms with E-state index in [0.29, 0.717) is 29.9 Å². The summed E-state index contributed by atoms with van der Waals surface area (Å²) in [6, 6.07) is 10.8. The predicted molar refractivity (Wildman–Crippen MR) is 121 cm³/mol. The van der Waals surface area contributed by atoms with Crippen LogP contribution in [0.2, 0.25) is 0 Å². The number of benzene rings is 1. The zero-order valence-electron chi connectivity index (χ0n) is 17.7. The van der Waals surface area contributed by atoms with Crippen LogP contribution in [0.1, 0.15) is 34.8 Å². The lowest BCUT2D eigenvalue weighted by Gasteiger charge is -2.14. The molecule has 0 saturated heterocycles. The molecular formula is C23H24ClN3O4. The number of pyridine rings is 2. The van der Waals surface area contributed by atoms with Gasteiger partial charge in [-0.1, -0.05) is 25.1 Å². The molecule has 0 atom stereocenters. The van der Waals surface area contributed by atoms with Gasteiger partial charge in [-0.05, 0) is 26.2 Å². The molecule has 0 bridgehead atoms. The number of rotatable bonds is 6. The number of para-hydroxylation sites is 1. The summed E-state index contributed by atoms with van der Waals surface area (Å²) >= 11 is 0. The van der Waals surface area contributed by atoms with Crippen LogP contribution in [0.3, 0.4) is 0 Å². The highest BCUT2D eigenvalue weighted by Crippen LogP contribution is 2.35. The molecule has 1 aromatic carbocycles. The average Bonchev–Trinajstić information content (AvgIpc) is 3.09. The number of fused-ring (bicyclic) bond motifs is 4. The molecule has 2 aromatic heterocycles. The van der Waals surface area contributed by atoms with Crippen molar-refractivity contribution in [3.63, 3.8) is 0 Å². The van der Waals surface area contributed by atoms with Crippen molar-refractivity contribution >= 4 is 35.1 Å². The van der Waals surface area contributed by atoms with Crippen molar-refractivity contribution in [1.29, 1.82) is 0 Å². The Morgan fingerprint density at radius 2 is 1.94 bits per heavy atom. The molecule has 7 nitrogen and oxygen atoms in total. The number of nitrogens with zero attached hydrogens (tertiary/aromatic N) is 3. The maximum Gasteiger partial charge on any atom is 0.320 e. The lowest BCUT2D eigenvalue weighted by Crippen LogP contribution is -2.23. The first-order valence-electron chi connectivity index (χ1n) is 9.88. The van der Waals surface area contributed by atoms with Crippen molar-refractivity contribution in [2.75, 3.05) is 20.6 Å². The van der Waals surface area contributed by atoms with Gasteiger partial charge in [-0.3, -0.25) is 19.3 Å². The van der Waals surface area contributed by atoms with Gasteiger partial charge in [0.05, 0.1) is 30.0 Å². The number of aromatic nitrogens is 2. The monoisotopic (exact) mass is 441 g/mol. The predicted octanol–water partition coefficient (Wildman–Crippen LogP) is 3.04. The van der Waals surface area contributed by atoms with Gasteiger partial charge in [0.15, 0.2) is 5.78 Å². The number of hydrogen-bond donors (Lipinski definition) is 0. The molecule has 0 N–H and O–H groups in total. The van der Waals surface area contributed by atoms with Gasteiger partial charge in [0.1, 0.15) is 6.61 Å². The van der Waals surface area contributed by atoms with Crippen molar-refractivity contribution in [2.24, 2.45) is 0 Å². The number of halogens is 1. The maximum absolute atomic E-state index is 12.7. The van der Waals surface area contributed by atoms with Gasteiger partial charge >= 0.3 is 5.97 Å². The van der Waals surface area contributed by atoms with E-state index in [1.165, 1.54) is 6.07 Å². The summed E-state index contributed by atoms with van der Waals surface area (Å²) in [5, 5.41) is 0.889. The van der Waals surface area contributed by atoms with E-state index in [2.05, 4.69) is 0 Å². The highest BCUT2D eigenvalue weighted by molar-refractivity contribution is 5.97. The fourth-order valence-corrected chi connectivity index (χ4v) is 3.80. The number of esters is 1. The Labute approximate surface area is 186 Å². The van der Waals surface area contributed by atoms with Crippen molar-refractivity contribution in [1.82, 2.24) is 14.5 Å². The minimum absolute atomic E-state index is 0. The van der Waals surface area contributed by atoms with Crippen molar-refractivity contribution < 1.29 is 14.3 Å². The maximum atomic E-state index is 12.7. The molecule has 0 fully saturated rings. The molecule has 0 spiro atoms. The SMILES string of the molecule is CCC(=O)c1cc2n(c(=O)c1)Cc1c-2nc2ccccc2c1COC(=O)CN(C)C.Cl. The zero-order chi connectivity index (χ0) is 21.4. The fourth-order valence-electron chi connectivity index (χ4n) is 3.80. The van der Waals surface area contributed by atoms with Crippen molar-refractivity contribution in [3.05, 3.63) is 63.4 Å². The summed E-state index contributed by atoms with van der Waals surface area (Å²) in [7, 11) is 3.61. The summed E-state index contributed by atoms with van der Waals surface area (Å²) in [6.45, 7) is 2.39. The molecule has 8 heteroatoms. The minimum atomic E-state index is -0.321. The van der Waals surface area contributed by atoms with E-state index in [4.69, 9.17) is 9.72 Å². The number of hydrogen-bond acceptors (Lipinski definition) is 6. The molecule has 0 saturated carbocycles. The summed E-state index contributed by atoms with van der Waals surface area (Å²) in [6.07, 6.45) is 0.327. The van der Waals surface area contributed by atoms with Gasteiger partial charge in [-0.15, -0.1) is 12.4 Å². The summed E-state index contributed by atoms with van der Waals surface area (Å²) in [5.74, 6) is -0.402. The van der Waals surface area contributed by atoms with Crippen LogP contribution in [-0.2, 0) is 22.7 Å². The molecule has 0 radical (unpaired) electrons. The van der Waals surface area contributed by atoms with E-state index in [0.717, 1.165) is 22.0 Å². The third-order valence-electron chi connectivity index (χ3n) is 5.26. The third-order valence-corrected chi connectivity index (χ3v) is 5.26. The van der Waals surface area contributed by atoms with Gasteiger partial charge in [-0.25, -0.2) is 4.98 Å². The molecular weight excluding hydrogens is 418 g/mol. The molecule has 3 aromatic rings. The number of ether oxygens (including phenoxy) is 1. The second kappa shape index (κ2) is 8.99. The molecule has 162 valence electrons. The Hall–Kier alpha value is -3.03. The van der Waals surface area contributed by atoms with E-state index >= 15 is 0 Å². The highest BCUT2D eigenvalue weighted by Gasteiger charge is 2.27. The van der Waals surface area contributed by atoms with E-state index in [9.17, 15) is 14.4 Å². The van der Waals surface area contributed by atoms with Crippen LogP contribution in [0.15, 0.2) is 41.2 Å². The Bertz CT molecular complexity index is 1230. The number of carbonyl (C=O) groups excluding carboxylic acids is 2. The van der Waals surface area contributed by atoms with Gasteiger partial charge < -0.3 is 9.30 Å². The Balaban J connectivity index is 0.00000272. The Morgan fingerprint density at radius 1 is 1.19 bits per heavy atom. The summed E-state index contributed by atoms with van der Waals surface area (Å²) in [4.78, 5) is 43.5. The number of ketones is 1. The number of carbonyl (C=O) groups is 2. The first kappa shape index (κ1) is 22.7. The zero-order valence-corrected chi connectivity index (χ0v) is 18.5. The average molecular weight is 442 g/mol. The minimum Gasteiger partial charge on any atom is -0.460 e. The van der Waals surface area contributed by atoms with Crippen LogP contribution in [0, 0.1) is 0 Å². The molecule has 1 aliphatic rings. The van der Waals surface area contributed by atoms with Crippen LogP contribution in [0.5, 0.6) is 0 Å². The van der Waals surface area contributed by atoms with Crippen LogP contribution < -0.4 is 5.56 Å². The van der Waals surface area contributed by atoms with Gasteiger partial charge in [0.2, 0.25) is 0 Å². The quantitative estimate of drug-likeness (QED) is 0.338. The van der Waals surface area contributed by atoms with Gasteiger partial charge in [0.25, 0.3) is 5.56 Å². The Kier molecular flexibility index (Phi) is 6.57. The first-order chi connectivity index (χ1) is 14.4. The van der Waals surface area contributed by atoms with Gasteiger partial charge in [0, 0.05) is 34.6 Å². The molecule has 0 aliphatic carbocycles. The third kappa shape index (κ3) is 4.24. The van der Waals surface area contributed by atoms with Crippen molar-refractivity contribution in [2.45, 2.75) is 26.5 Å². The molecule has 31 heavy (non-hydrogen) atoms.